The quantitative estimate of drug-likeness (QED) is 0.538. The highest BCUT2D eigenvalue weighted by Gasteiger charge is 2.32. The van der Waals surface area contributed by atoms with Gasteiger partial charge < -0.3 is 5.11 Å². The third-order valence-corrected chi connectivity index (χ3v) is 5.62. The first-order chi connectivity index (χ1) is 12.5. The molecule has 142 valence electrons. The lowest BCUT2D eigenvalue weighted by atomic mass is 9.91. The molecule has 0 aromatic heterocycles. The first-order valence-electron chi connectivity index (χ1n) is 10.1. The minimum atomic E-state index is 0.385. The SMILES string of the molecule is CC(C)=CCCC(C)CCNC1=[N+]2CCc3cc(O)ccc3C2CCN1. The summed E-state index contributed by atoms with van der Waals surface area (Å²) in [6, 6.07) is 6.30. The fourth-order valence-electron chi connectivity index (χ4n) is 4.11. The zero-order chi connectivity index (χ0) is 18.5. The first-order valence-corrected chi connectivity index (χ1v) is 10.1. The first kappa shape index (κ1) is 18.8. The van der Waals surface area contributed by atoms with Gasteiger partial charge in [-0.3, -0.25) is 15.2 Å². The number of allylic oxidation sites excluding steroid dienone is 2. The van der Waals surface area contributed by atoms with Crippen molar-refractivity contribution in [3.05, 3.63) is 41.0 Å². The van der Waals surface area contributed by atoms with E-state index in [1.54, 1.807) is 0 Å². The minimum absolute atomic E-state index is 0.385. The average Bonchev–Trinajstić information content (AvgIpc) is 2.61. The van der Waals surface area contributed by atoms with Crippen molar-refractivity contribution >= 4 is 5.96 Å². The van der Waals surface area contributed by atoms with Crippen LogP contribution < -0.4 is 10.6 Å². The van der Waals surface area contributed by atoms with Gasteiger partial charge in [-0.15, -0.1) is 0 Å². The Morgan fingerprint density at radius 3 is 3.04 bits per heavy atom. The van der Waals surface area contributed by atoms with E-state index in [4.69, 9.17) is 0 Å². The van der Waals surface area contributed by atoms with Crippen LogP contribution in [0.4, 0.5) is 0 Å². The van der Waals surface area contributed by atoms with Crippen molar-refractivity contribution in [3.8, 4) is 5.75 Å². The predicted octanol–water partition coefficient (Wildman–Crippen LogP) is 3.71. The molecule has 26 heavy (non-hydrogen) atoms. The maximum absolute atomic E-state index is 9.75. The van der Waals surface area contributed by atoms with Gasteiger partial charge in [-0.25, -0.2) is 0 Å². The molecule has 2 unspecified atom stereocenters. The molecule has 0 bridgehead atoms. The van der Waals surface area contributed by atoms with E-state index in [9.17, 15) is 5.11 Å². The summed E-state index contributed by atoms with van der Waals surface area (Å²) < 4.78 is 2.48. The van der Waals surface area contributed by atoms with Crippen LogP contribution in [0.15, 0.2) is 29.8 Å². The molecule has 1 aromatic rings. The van der Waals surface area contributed by atoms with E-state index in [1.807, 2.05) is 12.1 Å². The molecule has 0 saturated carbocycles. The molecule has 0 amide bonds. The van der Waals surface area contributed by atoms with Crippen LogP contribution in [0.3, 0.4) is 0 Å². The summed E-state index contributed by atoms with van der Waals surface area (Å²) in [5, 5.41) is 17.0. The fourth-order valence-corrected chi connectivity index (χ4v) is 4.11. The number of phenolic OH excluding ortho intramolecular Hbond substituents is 1. The van der Waals surface area contributed by atoms with Gasteiger partial charge in [-0.05, 0) is 62.3 Å². The number of nitrogens with one attached hydrogen (secondary N) is 2. The molecule has 0 spiro atoms. The molecule has 2 atom stereocenters. The third kappa shape index (κ3) is 4.60. The number of phenols is 1. The number of rotatable bonds is 6. The molecule has 3 N–H and O–H groups in total. The summed E-state index contributed by atoms with van der Waals surface area (Å²) in [5.41, 5.74) is 4.10. The number of fused-ring (bicyclic) bond motifs is 3. The van der Waals surface area contributed by atoms with Crippen molar-refractivity contribution in [2.75, 3.05) is 19.6 Å². The highest BCUT2D eigenvalue weighted by molar-refractivity contribution is 5.75. The second-order valence-corrected chi connectivity index (χ2v) is 8.09. The van der Waals surface area contributed by atoms with E-state index in [2.05, 4.69) is 48.1 Å². The number of guanidine groups is 1. The fraction of sp³-hybridized carbons (Fsp3) is 0.591. The Bertz CT molecular complexity index is 689. The van der Waals surface area contributed by atoms with Gasteiger partial charge in [0.05, 0.1) is 19.6 Å². The minimum Gasteiger partial charge on any atom is -0.508 e. The number of nitrogens with zero attached hydrogens (tertiary/aromatic N) is 1. The van der Waals surface area contributed by atoms with Crippen LogP contribution in [0.2, 0.25) is 0 Å². The van der Waals surface area contributed by atoms with Crippen molar-refractivity contribution in [2.45, 2.75) is 58.9 Å². The number of benzene rings is 1. The molecule has 2 heterocycles. The summed E-state index contributed by atoms with van der Waals surface area (Å²) in [6.45, 7) is 9.72. The van der Waals surface area contributed by atoms with Crippen LogP contribution in [-0.2, 0) is 6.42 Å². The highest BCUT2D eigenvalue weighted by atomic mass is 16.3. The molecule has 0 radical (unpaired) electrons. The second-order valence-electron chi connectivity index (χ2n) is 8.09. The smallest absolute Gasteiger partial charge is 0.346 e. The third-order valence-electron chi connectivity index (χ3n) is 5.62. The number of hydrogen-bond donors (Lipinski definition) is 3. The summed E-state index contributed by atoms with van der Waals surface area (Å²) in [7, 11) is 0. The van der Waals surface area contributed by atoms with Gasteiger partial charge in [-0.2, -0.15) is 0 Å². The highest BCUT2D eigenvalue weighted by Crippen LogP contribution is 2.32. The Balaban J connectivity index is 1.58. The lowest BCUT2D eigenvalue weighted by Crippen LogP contribution is -2.52. The lowest BCUT2D eigenvalue weighted by molar-refractivity contribution is -0.584. The van der Waals surface area contributed by atoms with Crippen LogP contribution in [-0.4, -0.2) is 35.3 Å². The van der Waals surface area contributed by atoms with Crippen molar-refractivity contribution < 1.29 is 9.68 Å². The molecule has 2 aliphatic rings. The Morgan fingerprint density at radius 1 is 1.38 bits per heavy atom. The summed E-state index contributed by atoms with van der Waals surface area (Å²) in [5.74, 6) is 2.31. The van der Waals surface area contributed by atoms with Gasteiger partial charge >= 0.3 is 5.96 Å². The molecular weight excluding hydrogens is 322 g/mol. The second kappa shape index (κ2) is 8.61. The normalized spacial score (nSPS) is 19.9. The molecule has 0 saturated heterocycles. The Morgan fingerprint density at radius 2 is 2.23 bits per heavy atom. The Labute approximate surface area is 158 Å². The predicted molar refractivity (Wildman–Crippen MR) is 108 cm³/mol. The standard InChI is InChI=1S/C22H33N3O/c1-16(2)5-4-6-17(3)9-12-23-22-24-13-10-21-20-8-7-19(26)15-18(20)11-14-25(21)22/h5,7-8,15,17,21H,4,6,9-14H2,1-3H3,(H2,23,24,26)/p+1. The van der Waals surface area contributed by atoms with Gasteiger partial charge in [0.1, 0.15) is 11.8 Å². The lowest BCUT2D eigenvalue weighted by Gasteiger charge is -2.32. The molecular formula is C22H34N3O+. The van der Waals surface area contributed by atoms with Gasteiger partial charge in [0.2, 0.25) is 0 Å². The largest absolute Gasteiger partial charge is 0.508 e. The summed E-state index contributed by atoms with van der Waals surface area (Å²) in [4.78, 5) is 0. The zero-order valence-electron chi connectivity index (χ0n) is 16.5. The molecule has 0 fully saturated rings. The molecule has 1 aromatic carbocycles. The summed E-state index contributed by atoms with van der Waals surface area (Å²) in [6.07, 6.45) is 8.10. The van der Waals surface area contributed by atoms with E-state index in [1.165, 1.54) is 41.9 Å². The maximum atomic E-state index is 9.75. The van der Waals surface area contributed by atoms with Crippen molar-refractivity contribution in [2.24, 2.45) is 5.92 Å². The van der Waals surface area contributed by atoms with Gasteiger partial charge in [0.25, 0.3) is 0 Å². The van der Waals surface area contributed by atoms with Gasteiger partial charge in [0, 0.05) is 12.8 Å². The van der Waals surface area contributed by atoms with Crippen molar-refractivity contribution in [1.29, 1.82) is 0 Å². The van der Waals surface area contributed by atoms with Crippen LogP contribution in [0.25, 0.3) is 0 Å². The molecule has 2 aliphatic heterocycles. The Kier molecular flexibility index (Phi) is 6.23. The number of aromatic hydroxyl groups is 1. The van der Waals surface area contributed by atoms with Gasteiger partial charge in [0.15, 0.2) is 0 Å². The average molecular weight is 357 g/mol. The molecule has 4 nitrogen and oxygen atoms in total. The topological polar surface area (TPSA) is 47.3 Å². The van der Waals surface area contributed by atoms with Crippen molar-refractivity contribution in [3.63, 3.8) is 0 Å². The zero-order valence-corrected chi connectivity index (χ0v) is 16.5. The van der Waals surface area contributed by atoms with E-state index >= 15 is 0 Å². The van der Waals surface area contributed by atoms with Crippen LogP contribution in [0.1, 0.15) is 63.6 Å². The number of hydrogen-bond acceptors (Lipinski definition) is 3. The van der Waals surface area contributed by atoms with Crippen molar-refractivity contribution in [1.82, 2.24) is 10.6 Å². The van der Waals surface area contributed by atoms with Crippen LogP contribution in [0.5, 0.6) is 5.75 Å². The van der Waals surface area contributed by atoms with Crippen LogP contribution in [0, 0.1) is 5.92 Å². The maximum Gasteiger partial charge on any atom is 0.346 e. The Hall–Kier alpha value is -1.97. The summed E-state index contributed by atoms with van der Waals surface area (Å²) >= 11 is 0. The van der Waals surface area contributed by atoms with E-state index in [0.29, 0.717) is 11.8 Å². The van der Waals surface area contributed by atoms with E-state index < -0.39 is 0 Å². The van der Waals surface area contributed by atoms with E-state index in [0.717, 1.165) is 38.4 Å². The monoisotopic (exact) mass is 356 g/mol. The molecule has 0 aliphatic carbocycles. The van der Waals surface area contributed by atoms with E-state index in [-0.39, 0.29) is 0 Å². The van der Waals surface area contributed by atoms with Gasteiger partial charge in [-0.1, -0.05) is 24.6 Å². The molecule has 3 rings (SSSR count). The van der Waals surface area contributed by atoms with Crippen LogP contribution >= 0.6 is 0 Å². The molecule has 4 heteroatoms.